The fraction of sp³-hybridized carbons (Fsp3) is 0.571. The molecule has 0 unspecified atom stereocenters. The van der Waals surface area contributed by atoms with Crippen LogP contribution >= 0.6 is 0 Å². The highest BCUT2D eigenvalue weighted by Crippen LogP contribution is 2.33. The highest BCUT2D eigenvalue weighted by molar-refractivity contribution is 5.48. The molecule has 4 nitrogen and oxygen atoms in total. The Morgan fingerprint density at radius 1 is 1.21 bits per heavy atom. The van der Waals surface area contributed by atoms with Gasteiger partial charge in [-0.1, -0.05) is 6.07 Å². The second-order valence-electron chi connectivity index (χ2n) is 5.07. The molecule has 0 saturated carbocycles. The lowest BCUT2D eigenvalue weighted by Crippen LogP contribution is -2.45. The molecule has 2 heterocycles. The van der Waals surface area contributed by atoms with E-state index in [0.717, 1.165) is 31.6 Å². The van der Waals surface area contributed by atoms with Gasteiger partial charge in [0.15, 0.2) is 5.79 Å². The molecule has 2 aliphatic rings. The van der Waals surface area contributed by atoms with Gasteiger partial charge in [0.25, 0.3) is 0 Å². The number of rotatable bonds is 2. The minimum Gasteiger partial charge on any atom is -0.371 e. The molecule has 0 radical (unpaired) electrons. The Morgan fingerprint density at radius 2 is 1.89 bits per heavy atom. The van der Waals surface area contributed by atoms with Gasteiger partial charge >= 0.3 is 0 Å². The summed E-state index contributed by atoms with van der Waals surface area (Å²) in [5, 5.41) is 0. The van der Waals surface area contributed by atoms with E-state index in [4.69, 9.17) is 15.2 Å². The number of hydrogen-bond acceptors (Lipinski definition) is 4. The third-order valence-electron chi connectivity index (χ3n) is 3.96. The Morgan fingerprint density at radius 3 is 2.47 bits per heavy atom. The molecule has 2 N–H and O–H groups in total. The van der Waals surface area contributed by atoms with Gasteiger partial charge in [-0.25, -0.2) is 4.39 Å². The van der Waals surface area contributed by atoms with Gasteiger partial charge in [-0.05, 0) is 12.1 Å². The molecular weight excluding hydrogens is 247 g/mol. The van der Waals surface area contributed by atoms with Crippen LogP contribution in [-0.4, -0.2) is 32.1 Å². The highest BCUT2D eigenvalue weighted by Gasteiger charge is 2.39. The molecule has 2 aliphatic heterocycles. The molecule has 5 heteroatoms. The molecule has 2 saturated heterocycles. The average molecular weight is 266 g/mol. The second-order valence-corrected chi connectivity index (χ2v) is 5.07. The number of nitrogens with two attached hydrogens (primary N) is 1. The fourth-order valence-electron chi connectivity index (χ4n) is 2.79. The third kappa shape index (κ3) is 2.45. The van der Waals surface area contributed by atoms with E-state index < -0.39 is 0 Å². The first kappa shape index (κ1) is 12.8. The first-order valence-electron chi connectivity index (χ1n) is 6.74. The van der Waals surface area contributed by atoms with Crippen molar-refractivity contribution in [2.45, 2.75) is 25.2 Å². The summed E-state index contributed by atoms with van der Waals surface area (Å²) >= 11 is 0. The predicted molar refractivity (Wildman–Crippen MR) is 70.4 cm³/mol. The van der Waals surface area contributed by atoms with Crippen LogP contribution in [0, 0.1) is 5.82 Å². The van der Waals surface area contributed by atoms with Crippen LogP contribution in [0.2, 0.25) is 0 Å². The Hall–Kier alpha value is -1.17. The maximum Gasteiger partial charge on any atom is 0.171 e. The van der Waals surface area contributed by atoms with Crippen LogP contribution in [0.5, 0.6) is 0 Å². The van der Waals surface area contributed by atoms with Crippen molar-refractivity contribution in [3.8, 4) is 0 Å². The van der Waals surface area contributed by atoms with E-state index in [2.05, 4.69) is 4.90 Å². The van der Waals surface area contributed by atoms with E-state index in [1.807, 2.05) is 6.07 Å². The van der Waals surface area contributed by atoms with Crippen molar-refractivity contribution in [3.63, 3.8) is 0 Å². The summed E-state index contributed by atoms with van der Waals surface area (Å²) in [6.07, 6.45) is 1.65. The van der Waals surface area contributed by atoms with Gasteiger partial charge in [-0.15, -0.1) is 0 Å². The Bertz CT molecular complexity index is 451. The summed E-state index contributed by atoms with van der Waals surface area (Å²) in [6, 6.07) is 5.26. The highest BCUT2D eigenvalue weighted by atomic mass is 19.1. The Balaban J connectivity index is 1.69. The van der Waals surface area contributed by atoms with Crippen molar-refractivity contribution < 1.29 is 13.9 Å². The summed E-state index contributed by atoms with van der Waals surface area (Å²) in [5.74, 6) is -0.611. The number of ether oxygens (including phenoxy) is 2. The predicted octanol–water partition coefficient (Wildman–Crippen LogP) is 1.63. The van der Waals surface area contributed by atoms with Crippen LogP contribution in [0.1, 0.15) is 18.4 Å². The van der Waals surface area contributed by atoms with Crippen LogP contribution in [0.15, 0.2) is 18.2 Å². The van der Waals surface area contributed by atoms with E-state index in [0.29, 0.717) is 18.8 Å². The lowest BCUT2D eigenvalue weighted by Gasteiger charge is -2.38. The molecule has 104 valence electrons. The number of piperidine rings is 1. The van der Waals surface area contributed by atoms with Gasteiger partial charge in [0.2, 0.25) is 0 Å². The van der Waals surface area contributed by atoms with E-state index in [-0.39, 0.29) is 18.1 Å². The average Bonchev–Trinajstić information content (AvgIpc) is 2.88. The molecule has 0 bridgehead atoms. The lowest BCUT2D eigenvalue weighted by molar-refractivity contribution is -0.169. The van der Waals surface area contributed by atoms with Crippen LogP contribution in [0.4, 0.5) is 10.1 Å². The van der Waals surface area contributed by atoms with Gasteiger partial charge < -0.3 is 20.1 Å². The van der Waals surface area contributed by atoms with Crippen LogP contribution in [0.3, 0.4) is 0 Å². The zero-order chi connectivity index (χ0) is 13.3. The normalized spacial score (nSPS) is 22.1. The molecule has 3 rings (SSSR count). The quantitative estimate of drug-likeness (QED) is 0.884. The van der Waals surface area contributed by atoms with Crippen molar-refractivity contribution in [2.75, 3.05) is 31.2 Å². The van der Waals surface area contributed by atoms with Gasteiger partial charge in [0, 0.05) is 43.7 Å². The summed E-state index contributed by atoms with van der Waals surface area (Å²) < 4.78 is 25.1. The largest absolute Gasteiger partial charge is 0.371 e. The second kappa shape index (κ2) is 5.07. The number of anilines is 1. The zero-order valence-corrected chi connectivity index (χ0v) is 10.9. The van der Waals surface area contributed by atoms with Crippen LogP contribution < -0.4 is 10.6 Å². The Labute approximate surface area is 112 Å². The van der Waals surface area contributed by atoms with Crippen molar-refractivity contribution in [3.05, 3.63) is 29.6 Å². The zero-order valence-electron chi connectivity index (χ0n) is 10.9. The standard InChI is InChI=1S/C14H19FN2O2/c15-13-9-12(2-1-11(13)10-16)17-5-3-14(4-6-17)18-7-8-19-14/h1-2,9H,3-8,10,16H2. The molecule has 0 aliphatic carbocycles. The van der Waals surface area contributed by atoms with Gasteiger partial charge in [-0.2, -0.15) is 0 Å². The van der Waals surface area contributed by atoms with E-state index in [1.54, 1.807) is 12.1 Å². The van der Waals surface area contributed by atoms with Gasteiger partial charge in [0.1, 0.15) is 5.82 Å². The topological polar surface area (TPSA) is 47.7 Å². The van der Waals surface area contributed by atoms with Crippen molar-refractivity contribution in [2.24, 2.45) is 5.73 Å². The van der Waals surface area contributed by atoms with Crippen molar-refractivity contribution in [1.82, 2.24) is 0 Å². The van der Waals surface area contributed by atoms with E-state index in [1.165, 1.54) is 0 Å². The summed E-state index contributed by atoms with van der Waals surface area (Å²) in [4.78, 5) is 2.17. The smallest absolute Gasteiger partial charge is 0.171 e. The van der Waals surface area contributed by atoms with Gasteiger partial charge in [-0.3, -0.25) is 0 Å². The first-order valence-corrected chi connectivity index (χ1v) is 6.74. The molecule has 1 aromatic carbocycles. The molecule has 1 spiro atoms. The molecular formula is C14H19FN2O2. The van der Waals surface area contributed by atoms with Crippen LogP contribution in [-0.2, 0) is 16.0 Å². The molecule has 0 aromatic heterocycles. The van der Waals surface area contributed by atoms with Gasteiger partial charge in [0.05, 0.1) is 13.2 Å². The van der Waals surface area contributed by atoms with Crippen molar-refractivity contribution >= 4 is 5.69 Å². The third-order valence-corrected chi connectivity index (χ3v) is 3.96. The minimum absolute atomic E-state index is 0.228. The molecule has 19 heavy (non-hydrogen) atoms. The SMILES string of the molecule is NCc1ccc(N2CCC3(CC2)OCCO3)cc1F. The maximum atomic E-state index is 13.7. The van der Waals surface area contributed by atoms with E-state index >= 15 is 0 Å². The number of benzene rings is 1. The minimum atomic E-state index is -0.383. The fourth-order valence-corrected chi connectivity index (χ4v) is 2.79. The summed E-state index contributed by atoms with van der Waals surface area (Å²) in [7, 11) is 0. The molecule has 1 aromatic rings. The first-order chi connectivity index (χ1) is 9.22. The van der Waals surface area contributed by atoms with Crippen LogP contribution in [0.25, 0.3) is 0 Å². The molecule has 0 amide bonds. The monoisotopic (exact) mass is 266 g/mol. The summed E-state index contributed by atoms with van der Waals surface area (Å²) in [6.45, 7) is 3.24. The molecule has 0 atom stereocenters. The number of hydrogen-bond donors (Lipinski definition) is 1. The number of nitrogens with zero attached hydrogens (tertiary/aromatic N) is 1. The lowest BCUT2D eigenvalue weighted by atomic mass is 10.0. The maximum absolute atomic E-state index is 13.7. The number of halogens is 1. The van der Waals surface area contributed by atoms with E-state index in [9.17, 15) is 4.39 Å². The van der Waals surface area contributed by atoms with Crippen molar-refractivity contribution in [1.29, 1.82) is 0 Å². The molecule has 2 fully saturated rings. The summed E-state index contributed by atoms with van der Waals surface area (Å²) in [5.41, 5.74) is 6.93. The Kier molecular flexibility index (Phi) is 3.43.